The molecule has 3 heteroatoms. The molecule has 0 spiro atoms. The van der Waals surface area contributed by atoms with Crippen LogP contribution in [0.15, 0.2) is 18.2 Å². The van der Waals surface area contributed by atoms with Crippen LogP contribution >= 0.6 is 0 Å². The topological polar surface area (TPSA) is 52.3 Å². The van der Waals surface area contributed by atoms with E-state index in [4.69, 9.17) is 10.5 Å². The zero-order valence-corrected chi connectivity index (χ0v) is 9.25. The predicted octanol–water partition coefficient (Wildman–Crippen LogP) is 2.27. The van der Waals surface area contributed by atoms with Crippen molar-refractivity contribution in [1.29, 1.82) is 0 Å². The lowest BCUT2D eigenvalue weighted by Gasteiger charge is -2.11. The number of benzene rings is 1. The summed E-state index contributed by atoms with van der Waals surface area (Å²) in [6.07, 6.45) is 2.05. The summed E-state index contributed by atoms with van der Waals surface area (Å²) in [6, 6.07) is 5.41. The van der Waals surface area contributed by atoms with Crippen LogP contribution in [0.1, 0.15) is 35.7 Å². The van der Waals surface area contributed by atoms with Gasteiger partial charge in [0.25, 0.3) is 5.91 Å². The fraction of sp³-hybridized carbons (Fsp3) is 0.417. The molecule has 0 saturated carbocycles. The molecule has 0 heterocycles. The Bertz CT molecular complexity index is 347. The van der Waals surface area contributed by atoms with Crippen molar-refractivity contribution in [2.75, 3.05) is 6.61 Å². The highest BCUT2D eigenvalue weighted by Gasteiger charge is 2.10. The first-order valence-electron chi connectivity index (χ1n) is 5.19. The number of ether oxygens (including phenoxy) is 1. The second-order valence-electron chi connectivity index (χ2n) is 3.52. The van der Waals surface area contributed by atoms with Gasteiger partial charge in [0, 0.05) is 0 Å². The zero-order valence-electron chi connectivity index (χ0n) is 9.25. The highest BCUT2D eigenvalue weighted by molar-refractivity contribution is 5.96. The second-order valence-corrected chi connectivity index (χ2v) is 3.52. The number of nitrogens with two attached hydrogens (primary N) is 1. The van der Waals surface area contributed by atoms with Crippen LogP contribution in [-0.4, -0.2) is 12.5 Å². The molecule has 0 saturated heterocycles. The van der Waals surface area contributed by atoms with Crippen LogP contribution < -0.4 is 10.5 Å². The molecule has 2 N–H and O–H groups in total. The molecule has 0 aromatic heterocycles. The van der Waals surface area contributed by atoms with E-state index in [-0.39, 0.29) is 0 Å². The Kier molecular flexibility index (Phi) is 4.16. The molecule has 0 bridgehead atoms. The van der Waals surface area contributed by atoms with Crippen LogP contribution in [0, 0.1) is 6.92 Å². The van der Waals surface area contributed by atoms with Gasteiger partial charge in [-0.15, -0.1) is 0 Å². The molecule has 0 fully saturated rings. The molecule has 1 aromatic carbocycles. The van der Waals surface area contributed by atoms with Gasteiger partial charge in [-0.1, -0.05) is 25.5 Å². The smallest absolute Gasteiger partial charge is 0.252 e. The summed E-state index contributed by atoms with van der Waals surface area (Å²) in [5.41, 5.74) is 6.68. The molecule has 0 radical (unpaired) electrons. The molecular formula is C12H17NO2. The minimum atomic E-state index is -0.440. The van der Waals surface area contributed by atoms with Gasteiger partial charge in [0.2, 0.25) is 0 Å². The third-order valence-electron chi connectivity index (χ3n) is 2.22. The van der Waals surface area contributed by atoms with E-state index in [0.29, 0.717) is 17.9 Å². The molecule has 82 valence electrons. The molecular weight excluding hydrogens is 190 g/mol. The highest BCUT2D eigenvalue weighted by atomic mass is 16.5. The summed E-state index contributed by atoms with van der Waals surface area (Å²) in [7, 11) is 0. The summed E-state index contributed by atoms with van der Waals surface area (Å²) in [5, 5.41) is 0. The van der Waals surface area contributed by atoms with E-state index < -0.39 is 5.91 Å². The number of carbonyl (C=O) groups is 1. The van der Waals surface area contributed by atoms with Crippen molar-refractivity contribution in [1.82, 2.24) is 0 Å². The Balaban J connectivity index is 2.87. The Morgan fingerprint density at radius 2 is 2.20 bits per heavy atom. The number of rotatable bonds is 5. The SMILES string of the molecule is CCCCOc1c(C)cccc1C(N)=O. The number of unbranched alkanes of at least 4 members (excludes halogenated alkanes) is 1. The second kappa shape index (κ2) is 5.39. The monoisotopic (exact) mass is 207 g/mol. The van der Waals surface area contributed by atoms with E-state index in [1.165, 1.54) is 0 Å². The molecule has 1 rings (SSSR count). The van der Waals surface area contributed by atoms with Crippen LogP contribution in [0.3, 0.4) is 0 Å². The largest absolute Gasteiger partial charge is 0.492 e. The average Bonchev–Trinajstić information content (AvgIpc) is 2.20. The summed E-state index contributed by atoms with van der Waals surface area (Å²) >= 11 is 0. The summed E-state index contributed by atoms with van der Waals surface area (Å²) in [4.78, 5) is 11.1. The molecule has 15 heavy (non-hydrogen) atoms. The third-order valence-corrected chi connectivity index (χ3v) is 2.22. The van der Waals surface area contributed by atoms with Gasteiger partial charge in [-0.3, -0.25) is 4.79 Å². The van der Waals surface area contributed by atoms with E-state index in [9.17, 15) is 4.79 Å². The quantitative estimate of drug-likeness (QED) is 0.753. The van der Waals surface area contributed by atoms with E-state index in [1.54, 1.807) is 6.07 Å². The first-order chi connectivity index (χ1) is 7.16. The predicted molar refractivity (Wildman–Crippen MR) is 60.1 cm³/mol. The average molecular weight is 207 g/mol. The van der Waals surface area contributed by atoms with Gasteiger partial charge < -0.3 is 10.5 Å². The van der Waals surface area contributed by atoms with Gasteiger partial charge in [-0.2, -0.15) is 0 Å². The number of hydrogen-bond acceptors (Lipinski definition) is 2. The Hall–Kier alpha value is -1.51. The maximum atomic E-state index is 11.1. The van der Waals surface area contributed by atoms with Gasteiger partial charge in [0.05, 0.1) is 12.2 Å². The molecule has 0 unspecified atom stereocenters. The van der Waals surface area contributed by atoms with Crippen LogP contribution in [0.5, 0.6) is 5.75 Å². The van der Waals surface area contributed by atoms with Crippen molar-refractivity contribution < 1.29 is 9.53 Å². The molecule has 0 aliphatic carbocycles. The Labute approximate surface area is 90.2 Å². The number of carbonyl (C=O) groups excluding carboxylic acids is 1. The van der Waals surface area contributed by atoms with Gasteiger partial charge in [0.15, 0.2) is 0 Å². The van der Waals surface area contributed by atoms with Crippen LogP contribution in [0.4, 0.5) is 0 Å². The lowest BCUT2D eigenvalue weighted by Crippen LogP contribution is -2.14. The van der Waals surface area contributed by atoms with Gasteiger partial charge in [-0.25, -0.2) is 0 Å². The van der Waals surface area contributed by atoms with E-state index in [0.717, 1.165) is 18.4 Å². The zero-order chi connectivity index (χ0) is 11.3. The number of para-hydroxylation sites is 1. The molecule has 1 amide bonds. The maximum Gasteiger partial charge on any atom is 0.252 e. The molecule has 0 atom stereocenters. The van der Waals surface area contributed by atoms with Crippen LogP contribution in [0.2, 0.25) is 0 Å². The highest BCUT2D eigenvalue weighted by Crippen LogP contribution is 2.23. The Morgan fingerprint density at radius 1 is 1.47 bits per heavy atom. The maximum absolute atomic E-state index is 11.1. The molecule has 0 aliphatic rings. The summed E-state index contributed by atoms with van der Waals surface area (Å²) in [5.74, 6) is 0.184. The Morgan fingerprint density at radius 3 is 2.80 bits per heavy atom. The summed E-state index contributed by atoms with van der Waals surface area (Å²) < 4.78 is 5.57. The van der Waals surface area contributed by atoms with E-state index in [2.05, 4.69) is 6.92 Å². The lowest BCUT2D eigenvalue weighted by molar-refractivity contribution is 0.0996. The van der Waals surface area contributed by atoms with Crippen molar-refractivity contribution in [3.05, 3.63) is 29.3 Å². The fourth-order valence-corrected chi connectivity index (χ4v) is 1.36. The van der Waals surface area contributed by atoms with Crippen molar-refractivity contribution in [3.8, 4) is 5.75 Å². The number of amides is 1. The number of hydrogen-bond donors (Lipinski definition) is 1. The normalized spacial score (nSPS) is 10.0. The molecule has 3 nitrogen and oxygen atoms in total. The summed E-state index contributed by atoms with van der Waals surface area (Å²) in [6.45, 7) is 4.63. The third kappa shape index (κ3) is 2.98. The van der Waals surface area contributed by atoms with E-state index >= 15 is 0 Å². The lowest BCUT2D eigenvalue weighted by atomic mass is 10.1. The van der Waals surface area contributed by atoms with Crippen LogP contribution in [0.25, 0.3) is 0 Å². The first kappa shape index (κ1) is 11.6. The minimum absolute atomic E-state index is 0.440. The molecule has 1 aromatic rings. The standard InChI is InChI=1S/C12H17NO2/c1-3-4-8-15-11-9(2)6-5-7-10(11)12(13)14/h5-7H,3-4,8H2,1-2H3,(H2,13,14). The van der Waals surface area contributed by atoms with Crippen LogP contribution in [-0.2, 0) is 0 Å². The van der Waals surface area contributed by atoms with Crippen molar-refractivity contribution in [2.24, 2.45) is 5.73 Å². The number of aryl methyl sites for hydroxylation is 1. The van der Waals surface area contributed by atoms with Gasteiger partial charge in [-0.05, 0) is 25.0 Å². The first-order valence-corrected chi connectivity index (χ1v) is 5.19. The van der Waals surface area contributed by atoms with Gasteiger partial charge in [0.1, 0.15) is 5.75 Å². The van der Waals surface area contributed by atoms with Crippen molar-refractivity contribution in [2.45, 2.75) is 26.7 Å². The van der Waals surface area contributed by atoms with Gasteiger partial charge >= 0.3 is 0 Å². The van der Waals surface area contributed by atoms with E-state index in [1.807, 2.05) is 19.1 Å². The van der Waals surface area contributed by atoms with Crippen molar-refractivity contribution in [3.63, 3.8) is 0 Å². The fourth-order valence-electron chi connectivity index (χ4n) is 1.36. The number of primary amides is 1. The molecule has 0 aliphatic heterocycles. The van der Waals surface area contributed by atoms with Crippen molar-refractivity contribution >= 4 is 5.91 Å². The minimum Gasteiger partial charge on any atom is -0.492 e.